The van der Waals surface area contributed by atoms with Gasteiger partial charge in [-0.05, 0) is 34.1 Å². The number of nitrogens with zero attached hydrogens (tertiary/aromatic N) is 2. The summed E-state index contributed by atoms with van der Waals surface area (Å²) in [5.74, 6) is 0.569. The Morgan fingerprint density at radius 1 is 1.56 bits per heavy atom. The van der Waals surface area contributed by atoms with Crippen LogP contribution in [0.25, 0.3) is 6.08 Å². The van der Waals surface area contributed by atoms with Crippen LogP contribution in [0.15, 0.2) is 33.6 Å². The molecule has 0 aliphatic carbocycles. The van der Waals surface area contributed by atoms with E-state index in [0.717, 1.165) is 0 Å². The third-order valence-electron chi connectivity index (χ3n) is 1.65. The van der Waals surface area contributed by atoms with Crippen LogP contribution in [0.1, 0.15) is 5.76 Å². The van der Waals surface area contributed by atoms with Crippen molar-refractivity contribution in [3.8, 4) is 0 Å². The highest BCUT2D eigenvalue weighted by atomic mass is 79.9. The molecule has 6 nitrogen and oxygen atoms in total. The van der Waals surface area contributed by atoms with Gasteiger partial charge in [-0.3, -0.25) is 10.1 Å². The number of carbonyl (C=O) groups is 1. The van der Waals surface area contributed by atoms with Gasteiger partial charge in [-0.15, -0.1) is 0 Å². The Kier molecular flexibility index (Phi) is 3.16. The zero-order valence-corrected chi connectivity index (χ0v) is 9.56. The lowest BCUT2D eigenvalue weighted by molar-refractivity contribution is -0.111. The van der Waals surface area contributed by atoms with Gasteiger partial charge in [0.25, 0.3) is 5.91 Å². The number of nitrogens with one attached hydrogen (secondary N) is 2. The van der Waals surface area contributed by atoms with Crippen molar-refractivity contribution < 1.29 is 9.21 Å². The molecule has 0 unspecified atom stereocenters. The molecule has 0 aromatic carbocycles. The first-order chi connectivity index (χ1) is 7.74. The number of rotatable bonds is 3. The number of hydrogen-bond acceptors (Lipinski definition) is 4. The smallest absolute Gasteiger partial charge is 0.250 e. The number of carbonyl (C=O) groups excluding carboxylic acids is 1. The maximum Gasteiger partial charge on any atom is 0.250 e. The second-order valence-corrected chi connectivity index (χ2v) is 3.58. The summed E-state index contributed by atoms with van der Waals surface area (Å²) in [6, 6.07) is 3.48. The van der Waals surface area contributed by atoms with E-state index in [4.69, 9.17) is 4.42 Å². The first-order valence-corrected chi connectivity index (χ1v) is 5.13. The third kappa shape index (κ3) is 2.80. The van der Waals surface area contributed by atoms with E-state index in [2.05, 4.69) is 36.4 Å². The Morgan fingerprint density at radius 2 is 2.44 bits per heavy atom. The van der Waals surface area contributed by atoms with Gasteiger partial charge in [-0.2, -0.15) is 10.1 Å². The van der Waals surface area contributed by atoms with Gasteiger partial charge in [0.2, 0.25) is 5.95 Å². The molecule has 2 rings (SSSR count). The molecule has 0 spiro atoms. The molecular weight excluding hydrogens is 276 g/mol. The summed E-state index contributed by atoms with van der Waals surface area (Å²) in [5.41, 5.74) is 0. The largest absolute Gasteiger partial charge is 0.450 e. The van der Waals surface area contributed by atoms with Gasteiger partial charge >= 0.3 is 0 Å². The van der Waals surface area contributed by atoms with Crippen molar-refractivity contribution in [3.05, 3.63) is 35.0 Å². The van der Waals surface area contributed by atoms with E-state index in [-0.39, 0.29) is 5.91 Å². The monoisotopic (exact) mass is 282 g/mol. The minimum absolute atomic E-state index is 0.301. The van der Waals surface area contributed by atoms with E-state index >= 15 is 0 Å². The number of furan rings is 1. The molecule has 82 valence electrons. The minimum atomic E-state index is -0.315. The molecule has 0 radical (unpaired) electrons. The van der Waals surface area contributed by atoms with Crippen LogP contribution in [0, 0.1) is 0 Å². The van der Waals surface area contributed by atoms with Crippen molar-refractivity contribution in [1.82, 2.24) is 15.2 Å². The Bertz CT molecular complexity index is 503. The lowest BCUT2D eigenvalue weighted by atomic mass is 10.4. The van der Waals surface area contributed by atoms with Gasteiger partial charge in [-0.25, -0.2) is 5.10 Å². The number of halogens is 1. The molecule has 2 heterocycles. The molecule has 7 heteroatoms. The molecule has 2 aromatic heterocycles. The van der Waals surface area contributed by atoms with E-state index in [1.54, 1.807) is 18.2 Å². The van der Waals surface area contributed by atoms with Crippen molar-refractivity contribution >= 4 is 33.9 Å². The van der Waals surface area contributed by atoms with Crippen molar-refractivity contribution in [2.45, 2.75) is 0 Å². The van der Waals surface area contributed by atoms with Crippen LogP contribution in [0.3, 0.4) is 0 Å². The normalized spacial score (nSPS) is 10.8. The lowest BCUT2D eigenvalue weighted by Gasteiger charge is -1.93. The van der Waals surface area contributed by atoms with Crippen molar-refractivity contribution in [2.24, 2.45) is 0 Å². The average Bonchev–Trinajstić information content (AvgIpc) is 2.87. The number of anilines is 1. The third-order valence-corrected chi connectivity index (χ3v) is 2.08. The second-order valence-electron chi connectivity index (χ2n) is 2.80. The number of amides is 1. The van der Waals surface area contributed by atoms with E-state index in [1.165, 1.54) is 12.4 Å². The summed E-state index contributed by atoms with van der Waals surface area (Å²) in [7, 11) is 0. The van der Waals surface area contributed by atoms with Crippen LogP contribution in [-0.2, 0) is 4.79 Å². The average molecular weight is 283 g/mol. The Hall–Kier alpha value is -1.89. The second kappa shape index (κ2) is 4.75. The van der Waals surface area contributed by atoms with E-state index in [1.807, 2.05) is 0 Å². The minimum Gasteiger partial charge on any atom is -0.450 e. The fraction of sp³-hybridized carbons (Fsp3) is 0. The summed E-state index contributed by atoms with van der Waals surface area (Å²) in [5, 5.41) is 8.60. The molecule has 1 amide bonds. The van der Waals surface area contributed by atoms with Crippen LogP contribution < -0.4 is 5.32 Å². The molecule has 0 atom stereocenters. The highest BCUT2D eigenvalue weighted by molar-refractivity contribution is 9.10. The van der Waals surface area contributed by atoms with E-state index < -0.39 is 0 Å². The van der Waals surface area contributed by atoms with Gasteiger partial charge in [0.1, 0.15) is 12.1 Å². The Labute approximate surface area is 98.9 Å². The molecule has 2 aromatic rings. The molecule has 2 N–H and O–H groups in total. The maximum absolute atomic E-state index is 11.4. The van der Waals surface area contributed by atoms with Crippen molar-refractivity contribution in [2.75, 3.05) is 5.32 Å². The van der Waals surface area contributed by atoms with Crippen LogP contribution in [-0.4, -0.2) is 21.1 Å². The molecule has 0 aliphatic rings. The first-order valence-electron chi connectivity index (χ1n) is 4.34. The van der Waals surface area contributed by atoms with Gasteiger partial charge in [-0.1, -0.05) is 0 Å². The van der Waals surface area contributed by atoms with Crippen LogP contribution in [0.5, 0.6) is 0 Å². The summed E-state index contributed by atoms with van der Waals surface area (Å²) < 4.78 is 5.80. The predicted molar refractivity (Wildman–Crippen MR) is 60.5 cm³/mol. The molecule has 0 bridgehead atoms. The van der Waals surface area contributed by atoms with Gasteiger partial charge in [0.15, 0.2) is 4.67 Å². The fourth-order valence-corrected chi connectivity index (χ4v) is 1.32. The standard InChI is InChI=1S/C9H7BrN4O2/c10-7-3-1-6(16-7)2-4-8(15)13-9-11-5-12-14-9/h1-5H,(H2,11,12,13,14,15). The fourth-order valence-electron chi connectivity index (χ4n) is 1.000. The highest BCUT2D eigenvalue weighted by Gasteiger charge is 2.00. The number of aromatic amines is 1. The Morgan fingerprint density at radius 3 is 3.06 bits per heavy atom. The summed E-state index contributed by atoms with van der Waals surface area (Å²) >= 11 is 3.16. The maximum atomic E-state index is 11.4. The molecule has 0 saturated carbocycles. The van der Waals surface area contributed by atoms with Gasteiger partial charge < -0.3 is 4.42 Å². The number of H-pyrrole nitrogens is 1. The number of hydrogen-bond donors (Lipinski definition) is 2. The van der Waals surface area contributed by atoms with Gasteiger partial charge in [0.05, 0.1) is 0 Å². The predicted octanol–water partition coefficient (Wildman–Crippen LogP) is 1.81. The topological polar surface area (TPSA) is 83.8 Å². The summed E-state index contributed by atoms with van der Waals surface area (Å²) in [4.78, 5) is 15.1. The zero-order valence-electron chi connectivity index (χ0n) is 7.98. The van der Waals surface area contributed by atoms with E-state index in [9.17, 15) is 4.79 Å². The van der Waals surface area contributed by atoms with Crippen molar-refractivity contribution in [1.29, 1.82) is 0 Å². The summed E-state index contributed by atoms with van der Waals surface area (Å²) in [6.07, 6.45) is 4.20. The SMILES string of the molecule is O=C(C=Cc1ccc(Br)o1)Nc1ncn[nH]1. The number of aromatic nitrogens is 3. The van der Waals surface area contributed by atoms with Crippen LogP contribution in [0.2, 0.25) is 0 Å². The van der Waals surface area contributed by atoms with E-state index in [0.29, 0.717) is 16.4 Å². The zero-order chi connectivity index (χ0) is 11.4. The molecular formula is C9H7BrN4O2. The van der Waals surface area contributed by atoms with Crippen molar-refractivity contribution in [3.63, 3.8) is 0 Å². The quantitative estimate of drug-likeness (QED) is 0.841. The lowest BCUT2D eigenvalue weighted by Crippen LogP contribution is -2.08. The molecule has 0 fully saturated rings. The van der Waals surface area contributed by atoms with Crippen LogP contribution >= 0.6 is 15.9 Å². The molecule has 0 saturated heterocycles. The highest BCUT2D eigenvalue weighted by Crippen LogP contribution is 2.14. The molecule has 0 aliphatic heterocycles. The van der Waals surface area contributed by atoms with Gasteiger partial charge in [0, 0.05) is 6.08 Å². The Balaban J connectivity index is 1.94. The van der Waals surface area contributed by atoms with Crippen LogP contribution in [0.4, 0.5) is 5.95 Å². The first kappa shape index (κ1) is 10.6. The molecule has 16 heavy (non-hydrogen) atoms. The summed E-state index contributed by atoms with van der Waals surface area (Å²) in [6.45, 7) is 0.